The molecule has 4 atom stereocenters. The summed E-state index contributed by atoms with van der Waals surface area (Å²) in [5.41, 5.74) is 0.422. The average Bonchev–Trinajstić information content (AvgIpc) is 2.57. The Hall–Kier alpha value is -0.0400. The molecule has 0 aromatic carbocycles. The third-order valence-electron chi connectivity index (χ3n) is 4.44. The van der Waals surface area contributed by atoms with Crippen LogP contribution in [0.3, 0.4) is 0 Å². The van der Waals surface area contributed by atoms with Gasteiger partial charge >= 0.3 is 0 Å². The fourth-order valence-corrected chi connectivity index (χ4v) is 2.91. The summed E-state index contributed by atoms with van der Waals surface area (Å²) >= 11 is 0. The van der Waals surface area contributed by atoms with Gasteiger partial charge in [-0.05, 0) is 37.5 Å². The predicted octanol–water partition coefficient (Wildman–Crippen LogP) is 4.81. The molecule has 104 valence electrons. The summed E-state index contributed by atoms with van der Waals surface area (Å²) in [6.45, 7) is 21.9. The quantitative estimate of drug-likeness (QED) is 0.670. The highest BCUT2D eigenvalue weighted by Gasteiger charge is 2.35. The van der Waals surface area contributed by atoms with Crippen LogP contribution in [0.4, 0.5) is 0 Å². The summed E-state index contributed by atoms with van der Waals surface area (Å²) in [5.74, 6) is 1.64. The normalized spacial score (nSPS) is 29.5. The van der Waals surface area contributed by atoms with Crippen molar-refractivity contribution in [2.24, 2.45) is 17.3 Å². The summed E-state index contributed by atoms with van der Waals surface area (Å²) in [5, 5.41) is 0. The molecular weight excluding hydrogens is 206 g/mol. The van der Waals surface area contributed by atoms with Crippen molar-refractivity contribution in [3.63, 3.8) is 0 Å². The van der Waals surface area contributed by atoms with E-state index in [9.17, 15) is 0 Å². The molecule has 0 saturated carbocycles. The molecule has 0 amide bonds. The first kappa shape index (κ1) is 17.0. The molecule has 1 fully saturated rings. The first-order valence-corrected chi connectivity index (χ1v) is 7.49. The number of hydrogen-bond donors (Lipinski definition) is 0. The van der Waals surface area contributed by atoms with Crippen LogP contribution in [0.5, 0.6) is 0 Å². The Morgan fingerprint density at radius 1 is 1.06 bits per heavy atom. The van der Waals surface area contributed by atoms with E-state index < -0.39 is 0 Å². The molecule has 0 N–H and O–H groups in total. The maximum Gasteiger partial charge on any atom is 0.0100 e. The van der Waals surface area contributed by atoms with Crippen LogP contribution in [-0.4, -0.2) is 23.5 Å². The Kier molecular flexibility index (Phi) is 6.76. The van der Waals surface area contributed by atoms with Gasteiger partial charge in [-0.1, -0.05) is 48.5 Å². The lowest BCUT2D eigenvalue weighted by molar-refractivity contribution is 0.0909. The van der Waals surface area contributed by atoms with Gasteiger partial charge in [0.2, 0.25) is 0 Å². The van der Waals surface area contributed by atoms with E-state index >= 15 is 0 Å². The minimum absolute atomic E-state index is 0.422. The fourth-order valence-electron chi connectivity index (χ4n) is 2.91. The van der Waals surface area contributed by atoms with E-state index in [0.717, 1.165) is 17.9 Å². The highest BCUT2D eigenvalue weighted by atomic mass is 15.2. The third-order valence-corrected chi connectivity index (χ3v) is 4.44. The fraction of sp³-hybridized carbons (Fsp3) is 1.00. The smallest absolute Gasteiger partial charge is 0.0100 e. The van der Waals surface area contributed by atoms with Gasteiger partial charge in [0.25, 0.3) is 0 Å². The largest absolute Gasteiger partial charge is 0.297 e. The molecule has 1 aliphatic heterocycles. The van der Waals surface area contributed by atoms with E-state index in [4.69, 9.17) is 0 Å². The molecule has 0 aromatic rings. The van der Waals surface area contributed by atoms with E-state index in [1.54, 1.807) is 0 Å². The number of nitrogens with zero attached hydrogens (tertiary/aromatic N) is 1. The van der Waals surface area contributed by atoms with Crippen LogP contribution in [0.15, 0.2) is 0 Å². The molecule has 0 bridgehead atoms. The first-order chi connectivity index (χ1) is 7.73. The molecule has 1 saturated heterocycles. The molecule has 1 heterocycles. The van der Waals surface area contributed by atoms with Crippen LogP contribution in [-0.2, 0) is 0 Å². The highest BCUT2D eigenvalue weighted by Crippen LogP contribution is 2.34. The zero-order valence-electron chi connectivity index (χ0n) is 13.7. The molecule has 1 aliphatic rings. The lowest BCUT2D eigenvalue weighted by Gasteiger charge is -2.39. The van der Waals surface area contributed by atoms with Crippen molar-refractivity contribution in [3.05, 3.63) is 0 Å². The molecule has 0 radical (unpaired) electrons. The second kappa shape index (κ2) is 6.78. The predicted molar refractivity (Wildman–Crippen MR) is 79.4 cm³/mol. The van der Waals surface area contributed by atoms with Gasteiger partial charge in [0.15, 0.2) is 0 Å². The van der Waals surface area contributed by atoms with E-state index in [2.05, 4.69) is 53.4 Å². The second-order valence-electron chi connectivity index (χ2n) is 6.78. The summed E-state index contributed by atoms with van der Waals surface area (Å²) in [7, 11) is 0. The number of likely N-dealkylation sites (tertiary alicyclic amines) is 1. The molecule has 0 spiro atoms. The van der Waals surface area contributed by atoms with Crippen LogP contribution in [0.2, 0.25) is 0 Å². The lowest BCUT2D eigenvalue weighted by atomic mass is 9.77. The van der Waals surface area contributed by atoms with Crippen LogP contribution in [0, 0.1) is 17.3 Å². The molecule has 0 aliphatic carbocycles. The number of hydrogen-bond acceptors (Lipinski definition) is 1. The van der Waals surface area contributed by atoms with Crippen molar-refractivity contribution in [1.29, 1.82) is 0 Å². The summed E-state index contributed by atoms with van der Waals surface area (Å²) in [6, 6.07) is 1.49. The third kappa shape index (κ3) is 4.62. The van der Waals surface area contributed by atoms with Gasteiger partial charge in [-0.2, -0.15) is 0 Å². The zero-order valence-corrected chi connectivity index (χ0v) is 13.7. The van der Waals surface area contributed by atoms with Crippen molar-refractivity contribution in [2.45, 2.75) is 80.8 Å². The molecule has 1 heteroatoms. The Morgan fingerprint density at radius 2 is 1.53 bits per heavy atom. The molecule has 1 nitrogen and oxygen atoms in total. The van der Waals surface area contributed by atoms with Gasteiger partial charge in [0.05, 0.1) is 0 Å². The van der Waals surface area contributed by atoms with E-state index in [1.807, 2.05) is 13.8 Å². The SMILES string of the molecule is CC.CC1CC(C)N(C(C)C(C)C(C)(C)C)C1. The van der Waals surface area contributed by atoms with Crippen molar-refractivity contribution in [2.75, 3.05) is 6.54 Å². The van der Waals surface area contributed by atoms with E-state index in [0.29, 0.717) is 11.5 Å². The van der Waals surface area contributed by atoms with E-state index in [1.165, 1.54) is 13.0 Å². The van der Waals surface area contributed by atoms with Gasteiger partial charge in [-0.25, -0.2) is 0 Å². The Morgan fingerprint density at radius 3 is 1.82 bits per heavy atom. The molecule has 0 aromatic heterocycles. The Bertz CT molecular complexity index is 204. The average molecular weight is 241 g/mol. The first-order valence-electron chi connectivity index (χ1n) is 7.49. The van der Waals surface area contributed by atoms with Crippen LogP contribution in [0.1, 0.15) is 68.7 Å². The lowest BCUT2D eigenvalue weighted by Crippen LogP contribution is -2.43. The molecule has 4 unspecified atom stereocenters. The van der Waals surface area contributed by atoms with Crippen LogP contribution >= 0.6 is 0 Å². The van der Waals surface area contributed by atoms with Gasteiger partial charge in [0, 0.05) is 18.6 Å². The van der Waals surface area contributed by atoms with Crippen molar-refractivity contribution in [3.8, 4) is 0 Å². The zero-order chi connectivity index (χ0) is 13.8. The molecule has 1 rings (SSSR count). The standard InChI is InChI=1S/C14H29N.C2H6/c1-10-8-11(2)15(9-10)13(4)12(3)14(5,6)7;1-2/h10-13H,8-9H2,1-7H3;1-2H3. The topological polar surface area (TPSA) is 3.24 Å². The van der Waals surface area contributed by atoms with Gasteiger partial charge < -0.3 is 0 Å². The maximum absolute atomic E-state index is 2.71. The minimum Gasteiger partial charge on any atom is -0.297 e. The summed E-state index contributed by atoms with van der Waals surface area (Å²) in [6.07, 6.45) is 1.38. The number of rotatable bonds is 2. The van der Waals surface area contributed by atoms with Crippen molar-refractivity contribution in [1.82, 2.24) is 4.90 Å². The second-order valence-corrected chi connectivity index (χ2v) is 6.78. The Labute approximate surface area is 110 Å². The van der Waals surface area contributed by atoms with Gasteiger partial charge in [0.1, 0.15) is 0 Å². The van der Waals surface area contributed by atoms with Gasteiger partial charge in [-0.15, -0.1) is 0 Å². The van der Waals surface area contributed by atoms with Crippen LogP contribution in [0.25, 0.3) is 0 Å². The van der Waals surface area contributed by atoms with Gasteiger partial charge in [-0.3, -0.25) is 4.90 Å². The maximum atomic E-state index is 2.71. The van der Waals surface area contributed by atoms with Crippen LogP contribution < -0.4 is 0 Å². The minimum atomic E-state index is 0.422. The summed E-state index contributed by atoms with van der Waals surface area (Å²) in [4.78, 5) is 2.71. The van der Waals surface area contributed by atoms with Crippen molar-refractivity contribution < 1.29 is 0 Å². The molecular formula is C16H35N. The molecule has 17 heavy (non-hydrogen) atoms. The van der Waals surface area contributed by atoms with E-state index in [-0.39, 0.29) is 0 Å². The van der Waals surface area contributed by atoms with Crippen molar-refractivity contribution >= 4 is 0 Å². The summed E-state index contributed by atoms with van der Waals surface area (Å²) < 4.78 is 0. The Balaban J connectivity index is 0.00000121. The highest BCUT2D eigenvalue weighted by molar-refractivity contribution is 4.88. The monoisotopic (exact) mass is 241 g/mol.